The molecule has 0 spiro atoms. The van der Waals surface area contributed by atoms with Crippen LogP contribution < -0.4 is 14.8 Å². The second-order valence-electron chi connectivity index (χ2n) is 6.64. The van der Waals surface area contributed by atoms with E-state index in [1.807, 2.05) is 23.6 Å². The van der Waals surface area contributed by atoms with Gasteiger partial charge in [-0.3, -0.25) is 9.36 Å². The molecule has 1 heterocycles. The fraction of sp³-hybridized carbons (Fsp3) is 0.227. The monoisotopic (exact) mass is 492 g/mol. The number of benzene rings is 2. The Kier molecular flexibility index (Phi) is 8.44. The highest BCUT2D eigenvalue weighted by atomic mass is 35.5. The summed E-state index contributed by atoms with van der Waals surface area (Å²) in [6.07, 6.45) is 1.27. The summed E-state index contributed by atoms with van der Waals surface area (Å²) in [5, 5.41) is 12.9. The van der Waals surface area contributed by atoms with E-state index < -0.39 is 6.10 Å². The van der Waals surface area contributed by atoms with E-state index in [4.69, 9.17) is 32.7 Å². The fourth-order valence-electron chi connectivity index (χ4n) is 2.85. The molecule has 0 radical (unpaired) electrons. The number of carbonyl (C=O) groups is 1. The lowest BCUT2D eigenvalue weighted by atomic mass is 10.3. The summed E-state index contributed by atoms with van der Waals surface area (Å²) < 4.78 is 13.0. The summed E-state index contributed by atoms with van der Waals surface area (Å²) in [6.45, 7) is 6.09. The first-order valence-electron chi connectivity index (χ1n) is 9.63. The molecule has 32 heavy (non-hydrogen) atoms. The minimum atomic E-state index is -0.460. The predicted molar refractivity (Wildman–Crippen MR) is 128 cm³/mol. The van der Waals surface area contributed by atoms with Gasteiger partial charge in [0.25, 0.3) is 0 Å². The van der Waals surface area contributed by atoms with E-state index in [1.54, 1.807) is 43.5 Å². The van der Waals surface area contributed by atoms with Crippen LogP contribution in [0.15, 0.2) is 60.3 Å². The van der Waals surface area contributed by atoms with Gasteiger partial charge in [0.05, 0.1) is 17.9 Å². The maximum atomic E-state index is 12.4. The number of nitrogens with one attached hydrogen (secondary N) is 1. The molecule has 0 saturated carbocycles. The predicted octanol–water partition coefficient (Wildman–Crippen LogP) is 5.65. The molecule has 168 valence electrons. The number of hydrogen-bond acceptors (Lipinski definition) is 6. The third-order valence-electron chi connectivity index (χ3n) is 4.30. The lowest BCUT2D eigenvalue weighted by Gasteiger charge is -2.16. The molecule has 1 atom stereocenters. The Balaban J connectivity index is 1.69. The number of allylic oxidation sites excluding steroid dienone is 1. The third-order valence-corrected chi connectivity index (χ3v) is 5.82. The van der Waals surface area contributed by atoms with Gasteiger partial charge in [-0.15, -0.1) is 16.8 Å². The lowest BCUT2D eigenvalue weighted by molar-refractivity contribution is -0.113. The third kappa shape index (κ3) is 6.18. The molecule has 3 rings (SSSR count). The highest BCUT2D eigenvalue weighted by molar-refractivity contribution is 7.99. The van der Waals surface area contributed by atoms with Crippen LogP contribution in [0.4, 0.5) is 5.69 Å². The highest BCUT2D eigenvalue weighted by Crippen LogP contribution is 2.32. The molecule has 1 unspecified atom stereocenters. The van der Waals surface area contributed by atoms with Gasteiger partial charge in [0.1, 0.15) is 11.5 Å². The summed E-state index contributed by atoms with van der Waals surface area (Å²) in [6, 6.07) is 12.2. The van der Waals surface area contributed by atoms with Gasteiger partial charge < -0.3 is 14.8 Å². The minimum absolute atomic E-state index is 0.155. The number of hydrogen-bond donors (Lipinski definition) is 1. The quantitative estimate of drug-likeness (QED) is 0.291. The van der Waals surface area contributed by atoms with Gasteiger partial charge in [-0.2, -0.15) is 0 Å². The van der Waals surface area contributed by atoms with Crippen molar-refractivity contribution in [1.82, 2.24) is 14.8 Å². The number of thioether (sulfide) groups is 1. The Morgan fingerprint density at radius 3 is 2.84 bits per heavy atom. The van der Waals surface area contributed by atoms with Crippen molar-refractivity contribution in [3.63, 3.8) is 0 Å². The summed E-state index contributed by atoms with van der Waals surface area (Å²) in [4.78, 5) is 12.4. The molecule has 0 saturated heterocycles. The molecule has 7 nitrogen and oxygen atoms in total. The largest absolute Gasteiger partial charge is 0.497 e. The number of methoxy groups -OCH3 is 1. The van der Waals surface area contributed by atoms with Crippen LogP contribution in [0.1, 0.15) is 18.9 Å². The van der Waals surface area contributed by atoms with E-state index >= 15 is 0 Å². The van der Waals surface area contributed by atoms with Gasteiger partial charge in [-0.25, -0.2) is 0 Å². The Bertz CT molecular complexity index is 1110. The van der Waals surface area contributed by atoms with Crippen molar-refractivity contribution in [2.75, 3.05) is 18.2 Å². The van der Waals surface area contributed by atoms with Gasteiger partial charge >= 0.3 is 0 Å². The number of aromatic nitrogens is 3. The lowest BCUT2D eigenvalue weighted by Crippen LogP contribution is -2.15. The van der Waals surface area contributed by atoms with Gasteiger partial charge in [-0.05, 0) is 31.2 Å². The standard InChI is InChI=1S/C22H22Cl2N4O3S/c1-4-10-28-21(14(2)31-19-11-15(23)8-9-18(19)24)26-27-22(28)32-13-20(29)25-16-6-5-7-17(12-16)30-3/h4-9,11-12,14H,1,10,13H2,2-3H3,(H,25,29). The molecule has 3 aromatic rings. The van der Waals surface area contributed by atoms with Crippen molar-refractivity contribution in [3.8, 4) is 11.5 Å². The average Bonchev–Trinajstić information content (AvgIpc) is 3.18. The van der Waals surface area contributed by atoms with Crippen LogP contribution in [-0.4, -0.2) is 33.5 Å². The summed E-state index contributed by atoms with van der Waals surface area (Å²) in [5.41, 5.74) is 0.656. The van der Waals surface area contributed by atoms with Crippen molar-refractivity contribution >= 4 is 46.6 Å². The first-order valence-corrected chi connectivity index (χ1v) is 11.4. The van der Waals surface area contributed by atoms with Crippen LogP contribution in [-0.2, 0) is 11.3 Å². The number of carbonyl (C=O) groups excluding carboxylic acids is 1. The van der Waals surface area contributed by atoms with E-state index in [1.165, 1.54) is 11.8 Å². The number of rotatable bonds is 10. The second kappa shape index (κ2) is 11.3. The SMILES string of the molecule is C=CCn1c(SCC(=O)Nc2cccc(OC)c2)nnc1C(C)Oc1cc(Cl)ccc1Cl. The van der Waals surface area contributed by atoms with Crippen molar-refractivity contribution < 1.29 is 14.3 Å². The summed E-state index contributed by atoms with van der Waals surface area (Å²) >= 11 is 13.5. The number of halogens is 2. The van der Waals surface area contributed by atoms with E-state index in [2.05, 4.69) is 22.1 Å². The van der Waals surface area contributed by atoms with Crippen molar-refractivity contribution in [1.29, 1.82) is 0 Å². The molecule has 10 heteroatoms. The van der Waals surface area contributed by atoms with Gasteiger partial charge in [0.15, 0.2) is 17.1 Å². The maximum absolute atomic E-state index is 12.4. The number of nitrogens with zero attached hydrogens (tertiary/aromatic N) is 3. The maximum Gasteiger partial charge on any atom is 0.234 e. The summed E-state index contributed by atoms with van der Waals surface area (Å²) in [7, 11) is 1.58. The number of ether oxygens (including phenoxy) is 2. The van der Waals surface area contributed by atoms with E-state index in [-0.39, 0.29) is 11.7 Å². The van der Waals surface area contributed by atoms with Crippen LogP contribution in [0.2, 0.25) is 10.0 Å². The zero-order chi connectivity index (χ0) is 23.1. The van der Waals surface area contributed by atoms with Gasteiger partial charge in [0.2, 0.25) is 5.91 Å². The van der Waals surface area contributed by atoms with Crippen molar-refractivity contribution in [2.45, 2.75) is 24.7 Å². The molecule has 1 amide bonds. The Morgan fingerprint density at radius 1 is 1.28 bits per heavy atom. The average molecular weight is 493 g/mol. The first kappa shape index (κ1) is 24.0. The molecule has 1 aromatic heterocycles. The van der Waals surface area contributed by atoms with Crippen LogP contribution >= 0.6 is 35.0 Å². The zero-order valence-corrected chi connectivity index (χ0v) is 19.9. The zero-order valence-electron chi connectivity index (χ0n) is 17.5. The van der Waals surface area contributed by atoms with Crippen molar-refractivity contribution in [3.05, 3.63) is 71.0 Å². The van der Waals surface area contributed by atoms with Gasteiger partial charge in [0, 0.05) is 29.4 Å². The molecule has 0 fully saturated rings. The van der Waals surface area contributed by atoms with E-state index in [0.717, 1.165) is 0 Å². The number of amides is 1. The Morgan fingerprint density at radius 2 is 2.09 bits per heavy atom. The summed E-state index contributed by atoms with van der Waals surface area (Å²) in [5.74, 6) is 1.68. The van der Waals surface area contributed by atoms with Crippen LogP contribution in [0, 0.1) is 0 Å². The molecule has 0 bridgehead atoms. The Hall–Kier alpha value is -2.68. The number of anilines is 1. The molecule has 0 aliphatic carbocycles. The van der Waals surface area contributed by atoms with E-state index in [0.29, 0.717) is 44.8 Å². The van der Waals surface area contributed by atoms with Crippen LogP contribution in [0.3, 0.4) is 0 Å². The van der Waals surface area contributed by atoms with Gasteiger partial charge in [-0.1, -0.05) is 47.1 Å². The molecule has 2 aromatic carbocycles. The van der Waals surface area contributed by atoms with Crippen molar-refractivity contribution in [2.24, 2.45) is 0 Å². The molecule has 1 N–H and O–H groups in total. The molecule has 0 aliphatic heterocycles. The molecular formula is C22H22Cl2N4O3S. The van der Waals surface area contributed by atoms with Crippen LogP contribution in [0.5, 0.6) is 11.5 Å². The molecular weight excluding hydrogens is 471 g/mol. The topological polar surface area (TPSA) is 78.3 Å². The van der Waals surface area contributed by atoms with Crippen LogP contribution in [0.25, 0.3) is 0 Å². The first-order chi connectivity index (χ1) is 15.4. The highest BCUT2D eigenvalue weighted by Gasteiger charge is 2.20. The second-order valence-corrected chi connectivity index (χ2v) is 8.43. The Labute approximate surface area is 200 Å². The smallest absolute Gasteiger partial charge is 0.234 e. The molecule has 0 aliphatic rings. The minimum Gasteiger partial charge on any atom is -0.497 e. The van der Waals surface area contributed by atoms with E-state index in [9.17, 15) is 4.79 Å². The fourth-order valence-corrected chi connectivity index (χ4v) is 3.93. The normalized spacial score (nSPS) is 11.6.